The lowest BCUT2D eigenvalue weighted by Crippen LogP contribution is -2.36. The highest BCUT2D eigenvalue weighted by Gasteiger charge is 2.60. The molecule has 2 aliphatic carbocycles. The molecule has 6 rings (SSSR count). The zero-order valence-electron chi connectivity index (χ0n) is 20.1. The molecular formula is C26H29F3N4O3. The van der Waals surface area contributed by atoms with Crippen molar-refractivity contribution in [3.63, 3.8) is 0 Å². The maximum absolute atomic E-state index is 14.7. The fraction of sp³-hybridized carbons (Fsp3) is 0.538. The number of pyridine rings is 1. The van der Waals surface area contributed by atoms with Crippen molar-refractivity contribution in [3.05, 3.63) is 63.3 Å². The molecular weight excluding hydrogens is 473 g/mol. The van der Waals surface area contributed by atoms with E-state index in [4.69, 9.17) is 4.74 Å². The van der Waals surface area contributed by atoms with Crippen LogP contribution in [0.15, 0.2) is 35.3 Å². The molecule has 0 spiro atoms. The Balaban J connectivity index is 1.30. The number of hydrogen-bond donors (Lipinski definition) is 2. The summed E-state index contributed by atoms with van der Waals surface area (Å²) in [6, 6.07) is 4.57. The largest absolute Gasteiger partial charge is 0.381 e. The number of amides is 1. The minimum Gasteiger partial charge on any atom is -0.381 e. The molecule has 4 aliphatic rings. The summed E-state index contributed by atoms with van der Waals surface area (Å²) in [5.41, 5.74) is -0.626. The Kier molecular flexibility index (Phi) is 5.46. The van der Waals surface area contributed by atoms with Crippen LogP contribution in [-0.2, 0) is 10.3 Å². The molecule has 1 amide bonds. The highest BCUT2D eigenvalue weighted by atomic mass is 19.3. The summed E-state index contributed by atoms with van der Waals surface area (Å²) in [4.78, 5) is 28.9. The fourth-order valence-electron chi connectivity index (χ4n) is 6.24. The van der Waals surface area contributed by atoms with Crippen molar-refractivity contribution in [2.45, 2.75) is 37.4 Å². The first-order chi connectivity index (χ1) is 17.2. The van der Waals surface area contributed by atoms with Crippen LogP contribution >= 0.6 is 0 Å². The molecule has 192 valence electrons. The molecule has 6 atom stereocenters. The lowest BCUT2D eigenvalue weighted by molar-refractivity contribution is 0.0938. The first-order valence-corrected chi connectivity index (χ1v) is 12.4. The van der Waals surface area contributed by atoms with Crippen molar-refractivity contribution in [2.75, 3.05) is 38.7 Å². The van der Waals surface area contributed by atoms with E-state index in [9.17, 15) is 22.8 Å². The molecule has 2 aromatic rings. The lowest BCUT2D eigenvalue weighted by Gasteiger charge is -2.22. The molecule has 1 aromatic carbocycles. The topological polar surface area (TPSA) is 75.6 Å². The Bertz CT molecular complexity index is 1270. The Hall–Kier alpha value is -2.85. The molecule has 2 saturated heterocycles. The van der Waals surface area contributed by atoms with Gasteiger partial charge in [0.1, 0.15) is 5.82 Å². The van der Waals surface area contributed by atoms with Gasteiger partial charge in [0, 0.05) is 42.9 Å². The van der Waals surface area contributed by atoms with Gasteiger partial charge in [0.2, 0.25) is 0 Å². The van der Waals surface area contributed by atoms with Gasteiger partial charge in [-0.15, -0.1) is 0 Å². The number of piperidine rings is 1. The van der Waals surface area contributed by atoms with Crippen molar-refractivity contribution in [1.29, 1.82) is 0 Å². The highest BCUT2D eigenvalue weighted by Crippen LogP contribution is 2.54. The van der Waals surface area contributed by atoms with Crippen LogP contribution in [0.2, 0.25) is 0 Å². The molecule has 36 heavy (non-hydrogen) atoms. The van der Waals surface area contributed by atoms with Crippen molar-refractivity contribution in [3.8, 4) is 0 Å². The van der Waals surface area contributed by atoms with E-state index in [0.29, 0.717) is 30.7 Å². The summed E-state index contributed by atoms with van der Waals surface area (Å²) in [7, 11) is 2.07. The summed E-state index contributed by atoms with van der Waals surface area (Å²) in [5, 5.41) is 6.17. The summed E-state index contributed by atoms with van der Waals surface area (Å²) < 4.78 is 48.3. The Labute approximate surface area is 206 Å². The van der Waals surface area contributed by atoms with Crippen molar-refractivity contribution in [1.82, 2.24) is 14.8 Å². The van der Waals surface area contributed by atoms with E-state index >= 15 is 0 Å². The van der Waals surface area contributed by atoms with Crippen LogP contribution in [0.1, 0.15) is 47.3 Å². The minimum absolute atomic E-state index is 0.0196. The second-order valence-corrected chi connectivity index (χ2v) is 10.8. The molecule has 2 N–H and O–H groups in total. The molecule has 0 radical (unpaired) electrons. The predicted molar refractivity (Wildman–Crippen MR) is 127 cm³/mol. The zero-order valence-corrected chi connectivity index (χ0v) is 20.1. The lowest BCUT2D eigenvalue weighted by atomic mass is 10.0. The summed E-state index contributed by atoms with van der Waals surface area (Å²) in [5.74, 6) is -0.355. The first-order valence-electron chi connectivity index (χ1n) is 12.4. The SMILES string of the molecule is C[C@@H](NC(=O)c1cn([C@]23COC[C@H]2C3)c(=O)cc1N[C@H]1[C@@H]2CN(C)C[C@@H]21)c1cccc(C(F)F)c1F. The number of carbonyl (C=O) groups excluding carboxylic acids is 1. The molecule has 0 bridgehead atoms. The molecule has 10 heteroatoms. The van der Waals surface area contributed by atoms with E-state index in [2.05, 4.69) is 22.6 Å². The van der Waals surface area contributed by atoms with Gasteiger partial charge in [-0.05, 0) is 32.2 Å². The van der Waals surface area contributed by atoms with Gasteiger partial charge in [-0.1, -0.05) is 18.2 Å². The summed E-state index contributed by atoms with van der Waals surface area (Å²) in [6.07, 6.45) is -0.553. The number of rotatable bonds is 7. The van der Waals surface area contributed by atoms with Gasteiger partial charge in [-0.2, -0.15) is 0 Å². The zero-order chi connectivity index (χ0) is 25.4. The number of benzene rings is 1. The van der Waals surface area contributed by atoms with Gasteiger partial charge in [-0.3, -0.25) is 9.59 Å². The van der Waals surface area contributed by atoms with Crippen LogP contribution in [0.25, 0.3) is 0 Å². The number of fused-ring (bicyclic) bond motifs is 2. The molecule has 7 nitrogen and oxygen atoms in total. The van der Waals surface area contributed by atoms with Crippen molar-refractivity contribution < 1.29 is 22.7 Å². The number of aromatic nitrogens is 1. The van der Waals surface area contributed by atoms with E-state index in [1.807, 2.05) is 0 Å². The molecule has 2 saturated carbocycles. The third-order valence-electron chi connectivity index (χ3n) is 8.46. The number of ether oxygens (including phenoxy) is 1. The van der Waals surface area contributed by atoms with E-state index in [1.165, 1.54) is 18.2 Å². The fourth-order valence-corrected chi connectivity index (χ4v) is 6.24. The van der Waals surface area contributed by atoms with Crippen LogP contribution in [0.3, 0.4) is 0 Å². The monoisotopic (exact) mass is 502 g/mol. The predicted octanol–water partition coefficient (Wildman–Crippen LogP) is 3.13. The first kappa shape index (κ1) is 23.5. The average Bonchev–Trinajstić information content (AvgIpc) is 3.55. The van der Waals surface area contributed by atoms with Crippen LogP contribution in [0.4, 0.5) is 18.9 Å². The molecule has 4 fully saturated rings. The van der Waals surface area contributed by atoms with Crippen molar-refractivity contribution in [2.24, 2.45) is 17.8 Å². The van der Waals surface area contributed by atoms with Crippen molar-refractivity contribution >= 4 is 11.6 Å². The molecule has 1 aromatic heterocycles. The smallest absolute Gasteiger partial charge is 0.266 e. The third-order valence-corrected chi connectivity index (χ3v) is 8.46. The molecule has 2 aliphatic heterocycles. The minimum atomic E-state index is -2.95. The van der Waals surface area contributed by atoms with Gasteiger partial charge < -0.3 is 24.8 Å². The number of nitrogens with zero attached hydrogens (tertiary/aromatic N) is 2. The maximum Gasteiger partial charge on any atom is 0.266 e. The van der Waals surface area contributed by atoms with E-state index < -0.39 is 35.3 Å². The second kappa shape index (κ2) is 8.34. The average molecular weight is 503 g/mol. The summed E-state index contributed by atoms with van der Waals surface area (Å²) in [6.45, 7) is 4.48. The summed E-state index contributed by atoms with van der Waals surface area (Å²) >= 11 is 0. The number of halogens is 3. The second-order valence-electron chi connectivity index (χ2n) is 10.8. The van der Waals surface area contributed by atoms with Crippen LogP contribution in [0, 0.1) is 23.6 Å². The number of alkyl halides is 2. The Morgan fingerprint density at radius 2 is 1.94 bits per heavy atom. The number of anilines is 1. The van der Waals surface area contributed by atoms with Gasteiger partial charge in [-0.25, -0.2) is 13.2 Å². The van der Waals surface area contributed by atoms with Crippen LogP contribution in [0.5, 0.6) is 0 Å². The maximum atomic E-state index is 14.7. The number of nitrogens with one attached hydrogen (secondary N) is 2. The van der Waals surface area contributed by atoms with E-state index in [0.717, 1.165) is 25.6 Å². The number of hydrogen-bond acceptors (Lipinski definition) is 5. The van der Waals surface area contributed by atoms with Gasteiger partial charge in [0.05, 0.1) is 41.6 Å². The molecule has 3 heterocycles. The standard InChI is InChI=1S/C26H29F3N4O3/c1-13(15-4-3-5-16(22(15)27)24(28)29)30-25(35)19-10-33(26-7-14(26)11-36-12-26)21(34)6-20(19)31-23-17-8-32(2)9-18(17)23/h3-6,10,13-14,17-18,23-24,31H,7-9,11-12H2,1-2H3,(H,30,35)/t13-,14-,17-,18+,23+,26-/m1/s1. The Morgan fingerprint density at radius 1 is 1.22 bits per heavy atom. The van der Waals surface area contributed by atoms with E-state index in [1.54, 1.807) is 17.7 Å². The van der Waals surface area contributed by atoms with Gasteiger partial charge >= 0.3 is 0 Å². The quantitative estimate of drug-likeness (QED) is 0.609. The van der Waals surface area contributed by atoms with Crippen LogP contribution in [-0.4, -0.2) is 54.8 Å². The van der Waals surface area contributed by atoms with Gasteiger partial charge in [0.25, 0.3) is 17.9 Å². The number of carbonyl (C=O) groups is 1. The number of likely N-dealkylation sites (tertiary alicyclic amines) is 1. The third kappa shape index (κ3) is 3.73. The van der Waals surface area contributed by atoms with Gasteiger partial charge in [0.15, 0.2) is 0 Å². The van der Waals surface area contributed by atoms with E-state index in [-0.39, 0.29) is 28.6 Å². The normalized spacial score (nSPS) is 31.2. The van der Waals surface area contributed by atoms with Crippen LogP contribution < -0.4 is 16.2 Å². The molecule has 0 unspecified atom stereocenters. The highest BCUT2D eigenvalue weighted by molar-refractivity contribution is 5.99. The Morgan fingerprint density at radius 3 is 2.58 bits per heavy atom.